The maximum Gasteiger partial charge on any atom is 1.00 e. The first-order valence-electron chi connectivity index (χ1n) is 8.04. The van der Waals surface area contributed by atoms with Crippen molar-refractivity contribution in [3.63, 3.8) is 0 Å². The molecule has 0 saturated carbocycles. The maximum atomic E-state index is 11.5. The van der Waals surface area contributed by atoms with Crippen molar-refractivity contribution in [3.8, 4) is 5.75 Å². The van der Waals surface area contributed by atoms with E-state index in [2.05, 4.69) is 4.18 Å². The van der Waals surface area contributed by atoms with Crippen LogP contribution in [0.3, 0.4) is 0 Å². The van der Waals surface area contributed by atoms with Crippen LogP contribution in [0.2, 0.25) is 0 Å². The van der Waals surface area contributed by atoms with Crippen LogP contribution in [0.25, 0.3) is 11.0 Å². The van der Waals surface area contributed by atoms with Gasteiger partial charge >= 0.3 is 64.7 Å². The third-order valence-electron chi connectivity index (χ3n) is 4.18. The van der Waals surface area contributed by atoms with Gasteiger partial charge in [-0.2, -0.15) is 0 Å². The first-order chi connectivity index (χ1) is 13.5. The SMILES string of the molecule is Cc1cc(=O)oc2cc(O[C@@H]3OC(C(=O)[O-])[C@@H](O)[C@@H](O)C3OS(=O)(=O)[O-])ccc12.[Na+].[Na+]. The molecule has 1 saturated heterocycles. The van der Waals surface area contributed by atoms with Gasteiger partial charge in [-0.3, -0.25) is 4.18 Å². The number of aliphatic carboxylic acids is 1. The largest absolute Gasteiger partial charge is 1.00 e. The van der Waals surface area contributed by atoms with Crippen LogP contribution in [0, 0.1) is 6.92 Å². The Morgan fingerprint density at radius 1 is 1.16 bits per heavy atom. The second-order valence-corrected chi connectivity index (χ2v) is 7.23. The molecule has 3 rings (SSSR count). The summed E-state index contributed by atoms with van der Waals surface area (Å²) in [5.41, 5.74) is 0.0514. The van der Waals surface area contributed by atoms with E-state index in [1.54, 1.807) is 6.92 Å². The molecule has 2 aromatic rings. The maximum absolute atomic E-state index is 11.5. The van der Waals surface area contributed by atoms with Crippen LogP contribution in [-0.2, 0) is 24.1 Å². The molecule has 1 fully saturated rings. The summed E-state index contributed by atoms with van der Waals surface area (Å²) in [6.07, 6.45) is -10.5. The Morgan fingerprint density at radius 2 is 1.81 bits per heavy atom. The quantitative estimate of drug-likeness (QED) is 0.179. The summed E-state index contributed by atoms with van der Waals surface area (Å²) < 4.78 is 52.3. The number of aliphatic hydroxyl groups excluding tert-OH is 2. The number of hydrogen-bond donors (Lipinski definition) is 2. The molecule has 2 heterocycles. The first-order valence-corrected chi connectivity index (χ1v) is 9.37. The number of fused-ring (bicyclic) bond motifs is 1. The predicted octanol–water partition coefficient (Wildman–Crippen LogP) is -8.47. The van der Waals surface area contributed by atoms with E-state index in [4.69, 9.17) is 13.9 Å². The number of ether oxygens (including phenoxy) is 2. The number of benzene rings is 1. The Kier molecular flexibility index (Phi) is 10.2. The molecule has 2 N–H and O–H groups in total. The van der Waals surface area contributed by atoms with Gasteiger partial charge in [-0.05, 0) is 24.6 Å². The molecule has 1 aromatic carbocycles. The molecule has 0 bridgehead atoms. The predicted molar refractivity (Wildman–Crippen MR) is 88.1 cm³/mol. The van der Waals surface area contributed by atoms with Crippen molar-refractivity contribution in [1.29, 1.82) is 0 Å². The number of rotatable bonds is 5. The molecule has 5 atom stereocenters. The molecule has 0 spiro atoms. The number of carboxylic acid groups (broad SMARTS) is 1. The van der Waals surface area contributed by atoms with E-state index >= 15 is 0 Å². The normalized spacial score (nSPS) is 25.9. The summed E-state index contributed by atoms with van der Waals surface area (Å²) >= 11 is 0. The second kappa shape index (κ2) is 11.0. The standard InChI is InChI=1S/C16H16O12S.2Na/c1-6-4-10(17)26-9-5-7(2-3-8(6)9)25-16-14(28-29(22,23)24)12(19)11(18)13(27-16)15(20)21;;/h2-5,11-14,16,18-19H,1H3,(H,20,21)(H,22,23,24);;/q;2*+1/p-2/t11-,12+,13?,14?,16+;;/m0../s1. The van der Waals surface area contributed by atoms with Crippen LogP contribution in [0.4, 0.5) is 0 Å². The number of aliphatic hydroxyl groups is 2. The number of carboxylic acids is 1. The molecular formula is C16H14Na2O12S. The van der Waals surface area contributed by atoms with Crippen molar-refractivity contribution in [2.24, 2.45) is 0 Å². The zero-order valence-electron chi connectivity index (χ0n) is 16.6. The van der Waals surface area contributed by atoms with Crippen molar-refractivity contribution < 1.29 is 110 Å². The third-order valence-corrected chi connectivity index (χ3v) is 4.64. The molecule has 1 aromatic heterocycles. The average Bonchev–Trinajstić information content (AvgIpc) is 2.59. The van der Waals surface area contributed by atoms with Gasteiger partial charge in [0.2, 0.25) is 16.7 Å². The second-order valence-electron chi connectivity index (χ2n) is 6.22. The fourth-order valence-corrected chi connectivity index (χ4v) is 3.35. The van der Waals surface area contributed by atoms with Crippen molar-refractivity contribution in [2.75, 3.05) is 0 Å². The molecule has 1 aliphatic rings. The summed E-state index contributed by atoms with van der Waals surface area (Å²) in [7, 11) is -5.39. The molecule has 2 unspecified atom stereocenters. The van der Waals surface area contributed by atoms with Crippen LogP contribution in [0.1, 0.15) is 5.56 Å². The summed E-state index contributed by atoms with van der Waals surface area (Å²) in [6.45, 7) is 1.66. The van der Waals surface area contributed by atoms with E-state index < -0.39 is 52.7 Å². The van der Waals surface area contributed by atoms with Crippen LogP contribution < -0.4 is 74.6 Å². The summed E-state index contributed by atoms with van der Waals surface area (Å²) in [5, 5.41) is 31.5. The van der Waals surface area contributed by atoms with E-state index in [0.717, 1.165) is 0 Å². The minimum absolute atomic E-state index is 0. The molecule has 1 aliphatic heterocycles. The fourth-order valence-electron chi connectivity index (χ4n) is 2.88. The minimum Gasteiger partial charge on any atom is -0.726 e. The van der Waals surface area contributed by atoms with Gasteiger partial charge in [0.1, 0.15) is 29.6 Å². The number of carbonyl (C=O) groups excluding carboxylic acids is 1. The summed E-state index contributed by atoms with van der Waals surface area (Å²) in [5.74, 6) is -2.03. The van der Waals surface area contributed by atoms with E-state index in [-0.39, 0.29) is 70.4 Å². The Balaban J connectivity index is 0.00000240. The van der Waals surface area contributed by atoms with E-state index in [1.807, 2.05) is 0 Å². The van der Waals surface area contributed by atoms with Gasteiger partial charge in [-0.25, -0.2) is 13.2 Å². The van der Waals surface area contributed by atoms with E-state index in [9.17, 15) is 37.9 Å². The molecule has 0 aliphatic carbocycles. The molecule has 0 amide bonds. The van der Waals surface area contributed by atoms with Gasteiger partial charge in [0.05, 0.1) is 5.97 Å². The zero-order chi connectivity index (χ0) is 21.5. The molecule has 12 nitrogen and oxygen atoms in total. The smallest absolute Gasteiger partial charge is 0.726 e. The molecule has 0 radical (unpaired) electrons. The van der Waals surface area contributed by atoms with Gasteiger partial charge in [0.15, 0.2) is 6.10 Å². The number of aryl methyl sites for hydroxylation is 1. The zero-order valence-corrected chi connectivity index (χ0v) is 21.4. The van der Waals surface area contributed by atoms with Gasteiger partial charge in [-0.15, -0.1) is 0 Å². The van der Waals surface area contributed by atoms with Crippen molar-refractivity contribution in [2.45, 2.75) is 37.6 Å². The van der Waals surface area contributed by atoms with Crippen LogP contribution in [0.5, 0.6) is 5.75 Å². The Hall–Kier alpha value is -0.550. The van der Waals surface area contributed by atoms with Gasteiger partial charge in [0, 0.05) is 17.5 Å². The van der Waals surface area contributed by atoms with E-state index in [1.165, 1.54) is 24.3 Å². The molecule has 158 valence electrons. The van der Waals surface area contributed by atoms with Crippen molar-refractivity contribution in [3.05, 3.63) is 40.2 Å². The van der Waals surface area contributed by atoms with Gasteiger partial charge in [-0.1, -0.05) is 0 Å². The summed E-state index contributed by atoms with van der Waals surface area (Å²) in [6, 6.07) is 5.33. The number of hydrogen-bond acceptors (Lipinski definition) is 12. The van der Waals surface area contributed by atoms with Gasteiger partial charge in [0.25, 0.3) is 0 Å². The fraction of sp³-hybridized carbons (Fsp3) is 0.375. The topological polar surface area (TPSA) is 196 Å². The molecule has 31 heavy (non-hydrogen) atoms. The number of carbonyl (C=O) groups is 1. The van der Waals surface area contributed by atoms with Crippen LogP contribution in [-0.4, -0.2) is 59.9 Å². The molecule has 15 heteroatoms. The molecular weight excluding hydrogens is 462 g/mol. The monoisotopic (exact) mass is 476 g/mol. The first kappa shape index (κ1) is 28.5. The Bertz CT molecular complexity index is 1100. The Morgan fingerprint density at radius 3 is 2.39 bits per heavy atom. The summed E-state index contributed by atoms with van der Waals surface area (Å²) in [4.78, 5) is 22.6. The minimum atomic E-state index is -5.39. The van der Waals surface area contributed by atoms with E-state index in [0.29, 0.717) is 10.9 Å². The van der Waals surface area contributed by atoms with Gasteiger partial charge < -0.3 is 38.6 Å². The third kappa shape index (κ3) is 6.72. The van der Waals surface area contributed by atoms with Crippen molar-refractivity contribution >= 4 is 27.3 Å². The van der Waals surface area contributed by atoms with Crippen molar-refractivity contribution in [1.82, 2.24) is 0 Å². The Labute approximate surface area is 219 Å². The van der Waals surface area contributed by atoms with Crippen LogP contribution >= 0.6 is 0 Å². The average molecular weight is 476 g/mol. The van der Waals surface area contributed by atoms with Crippen LogP contribution in [0.15, 0.2) is 33.5 Å².